The van der Waals surface area contributed by atoms with Gasteiger partial charge >= 0.3 is 13.2 Å². The first-order valence-corrected chi connectivity index (χ1v) is 16.4. The molecule has 6 aliphatic rings. The molecule has 9 nitrogen and oxygen atoms in total. The van der Waals surface area contributed by atoms with E-state index in [0.29, 0.717) is 44.1 Å². The van der Waals surface area contributed by atoms with Crippen LogP contribution in [0.15, 0.2) is 18.2 Å². The summed E-state index contributed by atoms with van der Waals surface area (Å²) in [5, 5.41) is 0. The molecule has 2 unspecified atom stereocenters. The van der Waals surface area contributed by atoms with Gasteiger partial charge < -0.3 is 28.6 Å². The monoisotopic (exact) mass is 593 g/mol. The summed E-state index contributed by atoms with van der Waals surface area (Å²) < 4.78 is 24.3. The Hall–Kier alpha value is -2.14. The van der Waals surface area contributed by atoms with Crippen molar-refractivity contribution in [1.29, 1.82) is 0 Å². The number of ether oxygens (including phenoxy) is 2. The Kier molecular flexibility index (Phi) is 6.83. The molecule has 2 atom stereocenters. The maximum absolute atomic E-state index is 14.6. The van der Waals surface area contributed by atoms with Crippen molar-refractivity contribution < 1.29 is 28.4 Å². The van der Waals surface area contributed by atoms with E-state index in [9.17, 15) is 9.59 Å². The third kappa shape index (κ3) is 4.74. The predicted molar refractivity (Wildman–Crippen MR) is 165 cm³/mol. The molecule has 4 saturated heterocycles. The fourth-order valence-electron chi connectivity index (χ4n) is 8.25. The van der Waals surface area contributed by atoms with Crippen molar-refractivity contribution in [3.63, 3.8) is 0 Å². The summed E-state index contributed by atoms with van der Waals surface area (Å²) >= 11 is 0. The zero-order valence-electron chi connectivity index (χ0n) is 27.0. The van der Waals surface area contributed by atoms with Gasteiger partial charge in [-0.25, -0.2) is 4.79 Å². The number of rotatable bonds is 3. The number of carbonyl (C=O) groups excluding carboxylic acids is 2. The minimum absolute atomic E-state index is 0.162. The molecule has 5 aliphatic heterocycles. The highest BCUT2D eigenvalue weighted by Gasteiger charge is 2.58. The van der Waals surface area contributed by atoms with E-state index in [2.05, 4.69) is 55.7 Å². The molecule has 1 saturated carbocycles. The number of hydrogen-bond donors (Lipinski definition) is 0. The third-order valence-electron chi connectivity index (χ3n) is 11.4. The first kappa shape index (κ1) is 29.6. The van der Waals surface area contributed by atoms with Gasteiger partial charge in [0.1, 0.15) is 5.60 Å². The lowest BCUT2D eigenvalue weighted by Gasteiger charge is -2.50. The molecular weight excluding hydrogens is 545 g/mol. The summed E-state index contributed by atoms with van der Waals surface area (Å²) in [5.74, 6) is 0.186. The topological polar surface area (TPSA) is 80.8 Å². The van der Waals surface area contributed by atoms with Crippen LogP contribution in [0.3, 0.4) is 0 Å². The van der Waals surface area contributed by atoms with E-state index in [4.69, 9.17) is 18.8 Å². The summed E-state index contributed by atoms with van der Waals surface area (Å²) in [4.78, 5) is 34.1. The molecule has 0 radical (unpaired) electrons. The summed E-state index contributed by atoms with van der Waals surface area (Å²) in [5.41, 5.74) is 0.948. The second kappa shape index (κ2) is 9.93. The molecule has 1 aromatic carbocycles. The van der Waals surface area contributed by atoms with Gasteiger partial charge in [0.25, 0.3) is 0 Å². The molecule has 0 aromatic heterocycles. The molecule has 10 heteroatoms. The average Bonchev–Trinajstić information content (AvgIpc) is 3.37. The molecule has 43 heavy (non-hydrogen) atoms. The quantitative estimate of drug-likeness (QED) is 0.491. The van der Waals surface area contributed by atoms with Crippen molar-refractivity contribution in [2.45, 2.75) is 133 Å². The number of hydrogen-bond acceptors (Lipinski definition) is 7. The van der Waals surface area contributed by atoms with Gasteiger partial charge in [-0.3, -0.25) is 9.69 Å². The fraction of sp³-hybridized carbons (Fsp3) is 0.758. The Morgan fingerprint density at radius 2 is 1.53 bits per heavy atom. The number of amides is 2. The highest BCUT2D eigenvalue weighted by Crippen LogP contribution is 2.52. The van der Waals surface area contributed by atoms with Crippen LogP contribution in [0.25, 0.3) is 0 Å². The average molecular weight is 594 g/mol. The lowest BCUT2D eigenvalue weighted by Crippen LogP contribution is -2.61. The van der Waals surface area contributed by atoms with Crippen LogP contribution < -0.4 is 10.4 Å². The normalized spacial score (nSPS) is 32.7. The van der Waals surface area contributed by atoms with E-state index in [0.717, 1.165) is 42.8 Å². The number of benzene rings is 1. The van der Waals surface area contributed by atoms with Crippen molar-refractivity contribution in [3.05, 3.63) is 23.8 Å². The van der Waals surface area contributed by atoms with E-state index >= 15 is 0 Å². The van der Waals surface area contributed by atoms with Gasteiger partial charge in [0, 0.05) is 42.9 Å². The van der Waals surface area contributed by atoms with Crippen molar-refractivity contribution in [1.82, 2.24) is 9.80 Å². The second-order valence-electron chi connectivity index (χ2n) is 15.7. The van der Waals surface area contributed by atoms with Crippen LogP contribution >= 0.6 is 0 Å². The number of carbonyl (C=O) groups is 2. The molecular formula is C33H48BN3O6. The van der Waals surface area contributed by atoms with Crippen molar-refractivity contribution in [3.8, 4) is 0 Å². The molecule has 2 amide bonds. The minimum Gasteiger partial charge on any atom is -0.444 e. The minimum atomic E-state index is -0.634. The first-order chi connectivity index (χ1) is 20.2. The van der Waals surface area contributed by atoms with Crippen LogP contribution in [-0.4, -0.2) is 96.2 Å². The number of anilines is 1. The highest BCUT2D eigenvalue weighted by atomic mass is 16.7. The van der Waals surface area contributed by atoms with Crippen LogP contribution in [0.1, 0.15) is 92.6 Å². The largest absolute Gasteiger partial charge is 0.494 e. The Balaban J connectivity index is 1.16. The zero-order valence-corrected chi connectivity index (χ0v) is 27.0. The molecule has 5 heterocycles. The van der Waals surface area contributed by atoms with Gasteiger partial charge in [-0.05, 0) is 104 Å². The van der Waals surface area contributed by atoms with Crippen LogP contribution in [-0.2, 0) is 29.0 Å². The van der Waals surface area contributed by atoms with Crippen molar-refractivity contribution >= 4 is 30.3 Å². The highest BCUT2D eigenvalue weighted by molar-refractivity contribution is 6.62. The zero-order chi connectivity index (χ0) is 30.5. The Morgan fingerprint density at radius 3 is 2.12 bits per heavy atom. The van der Waals surface area contributed by atoms with E-state index in [-0.39, 0.29) is 18.0 Å². The van der Waals surface area contributed by atoms with E-state index in [1.165, 1.54) is 12.8 Å². The maximum Gasteiger partial charge on any atom is 0.494 e. The summed E-state index contributed by atoms with van der Waals surface area (Å²) in [6.07, 6.45) is 5.28. The molecule has 1 aromatic rings. The molecule has 7 rings (SSSR count). The van der Waals surface area contributed by atoms with Gasteiger partial charge in [0.05, 0.1) is 29.8 Å². The molecule has 0 N–H and O–H groups in total. The summed E-state index contributed by atoms with van der Waals surface area (Å²) in [7, 11) is -0.490. The predicted octanol–water partition coefficient (Wildman–Crippen LogP) is 4.00. The standard InChI is InChI=1S/C33H48BN3O6/c1-30(2,3)41-29(39)35-14-12-33(13-15-35)26-11-8-21(34-42-31(4,5)32(6,7)43-34)16-27(26)37(28(33)38)25-17-24(18-25)36-22-9-10-23(36)20-40-19-22/h8,11,16,22-25H,9-10,12-15,17-20H2,1-7H3. The number of nitrogens with zero attached hydrogens (tertiary/aromatic N) is 3. The molecule has 1 aliphatic carbocycles. The van der Waals surface area contributed by atoms with Gasteiger partial charge in [0.15, 0.2) is 0 Å². The van der Waals surface area contributed by atoms with Crippen LogP contribution in [0.2, 0.25) is 0 Å². The van der Waals surface area contributed by atoms with Gasteiger partial charge in [-0.15, -0.1) is 0 Å². The molecule has 2 bridgehead atoms. The Morgan fingerprint density at radius 1 is 0.930 bits per heavy atom. The van der Waals surface area contributed by atoms with E-state index < -0.39 is 29.3 Å². The summed E-state index contributed by atoms with van der Waals surface area (Å²) in [6, 6.07) is 8.06. The lowest BCUT2D eigenvalue weighted by molar-refractivity contribution is -0.126. The number of piperidine rings is 1. The van der Waals surface area contributed by atoms with Crippen LogP contribution in [0.5, 0.6) is 0 Å². The van der Waals surface area contributed by atoms with Crippen molar-refractivity contribution in [2.24, 2.45) is 0 Å². The van der Waals surface area contributed by atoms with E-state index in [1.54, 1.807) is 4.90 Å². The SMILES string of the molecule is CC(C)(C)OC(=O)N1CCC2(CC1)C(=O)N(C1CC(N3C4CCC3COC4)C1)c1cc(B3OC(C)(C)C(C)(C)O3)ccc12. The van der Waals surface area contributed by atoms with Crippen LogP contribution in [0.4, 0.5) is 10.5 Å². The van der Waals surface area contributed by atoms with Gasteiger partial charge in [0.2, 0.25) is 5.91 Å². The smallest absolute Gasteiger partial charge is 0.444 e. The third-order valence-corrected chi connectivity index (χ3v) is 11.4. The van der Waals surface area contributed by atoms with Crippen LogP contribution in [0, 0.1) is 0 Å². The van der Waals surface area contributed by atoms with Gasteiger partial charge in [-0.2, -0.15) is 0 Å². The van der Waals surface area contributed by atoms with Crippen molar-refractivity contribution in [2.75, 3.05) is 31.2 Å². The number of morpholine rings is 1. The van der Waals surface area contributed by atoms with E-state index in [1.807, 2.05) is 20.8 Å². The number of likely N-dealkylation sites (tertiary alicyclic amines) is 1. The first-order valence-electron chi connectivity index (χ1n) is 16.4. The Labute approximate surface area is 256 Å². The molecule has 234 valence electrons. The van der Waals surface area contributed by atoms with Gasteiger partial charge in [-0.1, -0.05) is 12.1 Å². The molecule has 1 spiro atoms. The number of fused-ring (bicyclic) bond motifs is 4. The lowest BCUT2D eigenvalue weighted by atomic mass is 9.71. The summed E-state index contributed by atoms with van der Waals surface area (Å²) in [6.45, 7) is 16.6. The fourth-order valence-corrected chi connectivity index (χ4v) is 8.25. The maximum atomic E-state index is 14.6. The molecule has 5 fully saturated rings. The Bertz CT molecular complexity index is 1260. The second-order valence-corrected chi connectivity index (χ2v) is 15.7.